The summed E-state index contributed by atoms with van der Waals surface area (Å²) in [6.45, 7) is 7.19. The first-order valence-electron chi connectivity index (χ1n) is 8.87. The number of halogens is 1. The number of anilines is 1. The summed E-state index contributed by atoms with van der Waals surface area (Å²) in [5.41, 5.74) is 3.20. The van der Waals surface area contributed by atoms with Crippen molar-refractivity contribution in [1.82, 2.24) is 5.32 Å². The molecule has 26 heavy (non-hydrogen) atoms. The van der Waals surface area contributed by atoms with Crippen molar-refractivity contribution in [3.8, 4) is 0 Å². The van der Waals surface area contributed by atoms with Crippen LogP contribution in [0.3, 0.4) is 0 Å². The predicted octanol–water partition coefficient (Wildman–Crippen LogP) is 4.91. The highest BCUT2D eigenvalue weighted by molar-refractivity contribution is 9.10. The van der Waals surface area contributed by atoms with E-state index in [4.69, 9.17) is 4.74 Å². The van der Waals surface area contributed by atoms with Crippen LogP contribution in [-0.4, -0.2) is 24.3 Å². The van der Waals surface area contributed by atoms with E-state index in [-0.39, 0.29) is 12.1 Å². The fourth-order valence-electron chi connectivity index (χ4n) is 3.24. The van der Waals surface area contributed by atoms with E-state index in [1.54, 1.807) is 0 Å². The lowest BCUT2D eigenvalue weighted by atomic mass is 9.97. The van der Waals surface area contributed by atoms with E-state index >= 15 is 0 Å². The van der Waals surface area contributed by atoms with E-state index in [1.165, 1.54) is 16.8 Å². The Morgan fingerprint density at radius 2 is 1.96 bits per heavy atom. The number of carbonyl (C=O) groups excluding carboxylic acids is 1. The summed E-state index contributed by atoms with van der Waals surface area (Å²) in [6, 6.07) is 16.7. The van der Waals surface area contributed by atoms with Gasteiger partial charge in [0.05, 0.1) is 6.04 Å². The predicted molar refractivity (Wildman–Crippen MR) is 108 cm³/mol. The SMILES string of the molecule is CC(C)(C)OC(=O)NC1Cc2cc(Br)ccc2N(Cc2ccccc2)C1. The van der Waals surface area contributed by atoms with Crippen molar-refractivity contribution in [2.45, 2.75) is 45.4 Å². The van der Waals surface area contributed by atoms with Gasteiger partial charge in [-0.1, -0.05) is 46.3 Å². The molecule has 2 aromatic rings. The lowest BCUT2D eigenvalue weighted by molar-refractivity contribution is 0.0504. The molecule has 0 saturated carbocycles. The van der Waals surface area contributed by atoms with Crippen molar-refractivity contribution in [3.05, 3.63) is 64.1 Å². The number of nitrogens with zero attached hydrogens (tertiary/aromatic N) is 1. The van der Waals surface area contributed by atoms with Gasteiger partial charge in [-0.2, -0.15) is 0 Å². The van der Waals surface area contributed by atoms with Crippen LogP contribution in [0.2, 0.25) is 0 Å². The summed E-state index contributed by atoms with van der Waals surface area (Å²) in [5, 5.41) is 3.03. The maximum absolute atomic E-state index is 12.2. The summed E-state index contributed by atoms with van der Waals surface area (Å²) in [7, 11) is 0. The molecule has 1 atom stereocenters. The molecule has 1 aliphatic rings. The number of amides is 1. The molecule has 1 N–H and O–H groups in total. The average Bonchev–Trinajstić information content (AvgIpc) is 2.53. The number of hydrogen-bond donors (Lipinski definition) is 1. The number of ether oxygens (including phenoxy) is 1. The molecule has 0 radical (unpaired) electrons. The monoisotopic (exact) mass is 416 g/mol. The fourth-order valence-corrected chi connectivity index (χ4v) is 3.65. The van der Waals surface area contributed by atoms with E-state index in [1.807, 2.05) is 26.8 Å². The number of benzene rings is 2. The molecule has 0 aliphatic carbocycles. The Kier molecular flexibility index (Phi) is 5.56. The minimum absolute atomic E-state index is 0.00959. The highest BCUT2D eigenvalue weighted by Gasteiger charge is 2.27. The van der Waals surface area contributed by atoms with Gasteiger partial charge < -0.3 is 15.0 Å². The third-order valence-corrected chi connectivity index (χ3v) is 4.72. The maximum atomic E-state index is 12.2. The Bertz CT molecular complexity index is 771. The molecule has 0 fully saturated rings. The van der Waals surface area contributed by atoms with Crippen LogP contribution in [0.4, 0.5) is 10.5 Å². The Morgan fingerprint density at radius 1 is 1.23 bits per heavy atom. The van der Waals surface area contributed by atoms with Crippen molar-refractivity contribution in [3.63, 3.8) is 0 Å². The van der Waals surface area contributed by atoms with E-state index in [9.17, 15) is 4.79 Å². The first-order valence-corrected chi connectivity index (χ1v) is 9.66. The number of hydrogen-bond acceptors (Lipinski definition) is 3. The van der Waals surface area contributed by atoms with Crippen LogP contribution in [0.5, 0.6) is 0 Å². The molecule has 1 aliphatic heterocycles. The van der Waals surface area contributed by atoms with Gasteiger partial charge in [0.2, 0.25) is 0 Å². The zero-order chi connectivity index (χ0) is 18.7. The van der Waals surface area contributed by atoms with Gasteiger partial charge in [0.15, 0.2) is 0 Å². The van der Waals surface area contributed by atoms with Gasteiger partial charge in [-0.05, 0) is 56.5 Å². The lowest BCUT2D eigenvalue weighted by Gasteiger charge is -2.37. The molecular formula is C21H25BrN2O2. The summed E-state index contributed by atoms with van der Waals surface area (Å²) < 4.78 is 6.48. The van der Waals surface area contributed by atoms with Crippen molar-refractivity contribution in [2.75, 3.05) is 11.4 Å². The average molecular weight is 417 g/mol. The second-order valence-corrected chi connectivity index (χ2v) is 8.60. The summed E-state index contributed by atoms with van der Waals surface area (Å²) in [4.78, 5) is 14.5. The molecule has 0 saturated heterocycles. The number of carbonyl (C=O) groups is 1. The first kappa shape index (κ1) is 18.8. The highest BCUT2D eigenvalue weighted by atomic mass is 79.9. The van der Waals surface area contributed by atoms with Gasteiger partial charge in [0, 0.05) is 23.2 Å². The second kappa shape index (κ2) is 7.70. The molecule has 0 spiro atoms. The number of nitrogens with one attached hydrogen (secondary N) is 1. The first-order chi connectivity index (χ1) is 12.3. The minimum Gasteiger partial charge on any atom is -0.444 e. The zero-order valence-corrected chi connectivity index (χ0v) is 17.0. The minimum atomic E-state index is -0.497. The maximum Gasteiger partial charge on any atom is 0.407 e. The molecule has 138 valence electrons. The van der Waals surface area contributed by atoms with Gasteiger partial charge in [-0.15, -0.1) is 0 Å². The molecule has 1 unspecified atom stereocenters. The molecule has 1 amide bonds. The van der Waals surface area contributed by atoms with Crippen LogP contribution < -0.4 is 10.2 Å². The molecular weight excluding hydrogens is 392 g/mol. The quantitative estimate of drug-likeness (QED) is 0.772. The van der Waals surface area contributed by atoms with Crippen molar-refractivity contribution >= 4 is 27.7 Å². The van der Waals surface area contributed by atoms with Crippen LogP contribution in [-0.2, 0) is 17.7 Å². The van der Waals surface area contributed by atoms with E-state index in [0.717, 1.165) is 24.0 Å². The van der Waals surface area contributed by atoms with E-state index in [0.29, 0.717) is 0 Å². The number of alkyl carbamates (subject to hydrolysis) is 1. The number of rotatable bonds is 3. The third-order valence-electron chi connectivity index (χ3n) is 4.23. The molecule has 0 aromatic heterocycles. The molecule has 4 nitrogen and oxygen atoms in total. The third kappa shape index (κ3) is 5.01. The fraction of sp³-hybridized carbons (Fsp3) is 0.381. The molecule has 5 heteroatoms. The van der Waals surface area contributed by atoms with Crippen LogP contribution in [0, 0.1) is 0 Å². The number of fused-ring (bicyclic) bond motifs is 1. The Balaban J connectivity index is 1.79. The molecule has 3 rings (SSSR count). The molecule has 1 heterocycles. The van der Waals surface area contributed by atoms with Gasteiger partial charge in [-0.3, -0.25) is 0 Å². The van der Waals surface area contributed by atoms with Crippen molar-refractivity contribution < 1.29 is 9.53 Å². The summed E-state index contributed by atoms with van der Waals surface area (Å²) in [6.07, 6.45) is 0.430. The summed E-state index contributed by atoms with van der Waals surface area (Å²) in [5.74, 6) is 0. The second-order valence-electron chi connectivity index (χ2n) is 7.69. The zero-order valence-electron chi connectivity index (χ0n) is 15.5. The van der Waals surface area contributed by atoms with E-state index in [2.05, 4.69) is 68.6 Å². The van der Waals surface area contributed by atoms with Gasteiger partial charge in [-0.25, -0.2) is 4.79 Å². The Morgan fingerprint density at radius 3 is 2.65 bits per heavy atom. The van der Waals surface area contributed by atoms with Crippen LogP contribution in [0.1, 0.15) is 31.9 Å². The smallest absolute Gasteiger partial charge is 0.407 e. The topological polar surface area (TPSA) is 41.6 Å². The molecule has 0 bridgehead atoms. The Hall–Kier alpha value is -2.01. The van der Waals surface area contributed by atoms with E-state index < -0.39 is 5.60 Å². The van der Waals surface area contributed by atoms with Crippen LogP contribution in [0.15, 0.2) is 53.0 Å². The van der Waals surface area contributed by atoms with Crippen molar-refractivity contribution in [2.24, 2.45) is 0 Å². The largest absolute Gasteiger partial charge is 0.444 e. The van der Waals surface area contributed by atoms with Gasteiger partial charge >= 0.3 is 6.09 Å². The molecule has 2 aromatic carbocycles. The van der Waals surface area contributed by atoms with Crippen LogP contribution in [0.25, 0.3) is 0 Å². The van der Waals surface area contributed by atoms with Gasteiger partial charge in [0.1, 0.15) is 5.60 Å². The normalized spacial score (nSPS) is 16.8. The highest BCUT2D eigenvalue weighted by Crippen LogP contribution is 2.31. The lowest BCUT2D eigenvalue weighted by Crippen LogP contribution is -2.49. The van der Waals surface area contributed by atoms with Crippen molar-refractivity contribution in [1.29, 1.82) is 0 Å². The Labute approximate surface area is 163 Å². The van der Waals surface area contributed by atoms with Gasteiger partial charge in [0.25, 0.3) is 0 Å². The van der Waals surface area contributed by atoms with Crippen LogP contribution >= 0.6 is 15.9 Å². The standard InChI is InChI=1S/C21H25BrN2O2/c1-21(2,3)26-20(25)23-18-12-16-11-17(22)9-10-19(16)24(14-18)13-15-7-5-4-6-8-15/h4-11,18H,12-14H2,1-3H3,(H,23,25). The summed E-state index contributed by atoms with van der Waals surface area (Å²) >= 11 is 3.56.